The van der Waals surface area contributed by atoms with Gasteiger partial charge in [0.2, 0.25) is 0 Å². The molecule has 162 valence electrons. The van der Waals surface area contributed by atoms with Crippen LogP contribution in [0.5, 0.6) is 0 Å². The molecule has 9 heteroatoms. The third-order valence-electron chi connectivity index (χ3n) is 5.18. The van der Waals surface area contributed by atoms with E-state index in [0.29, 0.717) is 21.4 Å². The van der Waals surface area contributed by atoms with E-state index in [1.807, 2.05) is 18.2 Å². The van der Waals surface area contributed by atoms with E-state index in [4.69, 9.17) is 0 Å². The van der Waals surface area contributed by atoms with Crippen molar-refractivity contribution in [2.24, 2.45) is 0 Å². The Balaban J connectivity index is 2.32. The van der Waals surface area contributed by atoms with Gasteiger partial charge in [-0.25, -0.2) is 19.2 Å². The van der Waals surface area contributed by atoms with Gasteiger partial charge in [0.15, 0.2) is 0 Å². The molecule has 0 fully saturated rings. The molecule has 0 aromatic heterocycles. The van der Waals surface area contributed by atoms with Gasteiger partial charge < -0.3 is 20.4 Å². The molecule has 0 aliphatic rings. The zero-order chi connectivity index (χ0) is 23.6. The number of carbonyl (C=O) groups is 4. The Morgan fingerprint density at radius 1 is 0.594 bits per heavy atom. The normalized spacial score (nSPS) is 10.8. The summed E-state index contributed by atoms with van der Waals surface area (Å²) >= 11 is 0. The standard InChI is InChI=1S/C23H18O8Si/c24-20(25)13-7-5-11(9-16(13)22(28)29)19(15-3-1-2-4-18(15)32)12-6-8-14(21(26)27)17(10-12)23(30)31/h1-10,19H,32H3,(H,24,25)(H,26,27)(H,28,29)(H,30,31). The van der Waals surface area contributed by atoms with Crippen molar-refractivity contribution in [3.63, 3.8) is 0 Å². The average Bonchev–Trinajstić information content (AvgIpc) is 2.74. The Kier molecular flexibility index (Phi) is 6.21. The Morgan fingerprint density at radius 3 is 1.38 bits per heavy atom. The highest BCUT2D eigenvalue weighted by Gasteiger charge is 2.25. The number of aromatic carboxylic acids is 4. The summed E-state index contributed by atoms with van der Waals surface area (Å²) in [4.78, 5) is 46.3. The predicted molar refractivity (Wildman–Crippen MR) is 118 cm³/mol. The van der Waals surface area contributed by atoms with E-state index in [9.17, 15) is 39.6 Å². The third kappa shape index (κ3) is 4.28. The summed E-state index contributed by atoms with van der Waals surface area (Å²) in [5.41, 5.74) is 0.138. The first-order valence-electron chi connectivity index (χ1n) is 9.38. The first kappa shape index (κ1) is 22.4. The van der Waals surface area contributed by atoms with Crippen LogP contribution in [0.3, 0.4) is 0 Å². The summed E-state index contributed by atoms with van der Waals surface area (Å²) in [6.07, 6.45) is 0. The largest absolute Gasteiger partial charge is 0.478 e. The van der Waals surface area contributed by atoms with Gasteiger partial charge in [-0.3, -0.25) is 0 Å². The Bertz CT molecular complexity index is 1190. The first-order chi connectivity index (χ1) is 15.1. The van der Waals surface area contributed by atoms with E-state index < -0.39 is 40.9 Å². The zero-order valence-electron chi connectivity index (χ0n) is 16.8. The molecule has 0 amide bonds. The predicted octanol–water partition coefficient (Wildman–Crippen LogP) is 1.65. The molecule has 4 N–H and O–H groups in total. The number of rotatable bonds is 7. The van der Waals surface area contributed by atoms with E-state index in [0.717, 1.165) is 10.8 Å². The molecule has 0 atom stereocenters. The molecule has 0 radical (unpaired) electrons. The molecule has 0 saturated carbocycles. The highest BCUT2D eigenvalue weighted by molar-refractivity contribution is 6.33. The van der Waals surface area contributed by atoms with E-state index in [2.05, 4.69) is 0 Å². The van der Waals surface area contributed by atoms with E-state index in [1.165, 1.54) is 36.4 Å². The lowest BCUT2D eigenvalue weighted by Crippen LogP contribution is -2.18. The van der Waals surface area contributed by atoms with Gasteiger partial charge in [-0.2, -0.15) is 0 Å². The quantitative estimate of drug-likeness (QED) is 0.314. The molecule has 0 heterocycles. The maximum absolute atomic E-state index is 11.7. The van der Waals surface area contributed by atoms with Crippen molar-refractivity contribution in [1.82, 2.24) is 0 Å². The topological polar surface area (TPSA) is 149 Å². The second kappa shape index (κ2) is 8.86. The minimum absolute atomic E-state index is 0.369. The van der Waals surface area contributed by atoms with Crippen LogP contribution in [0.25, 0.3) is 0 Å². The third-order valence-corrected chi connectivity index (χ3v) is 6.09. The molecule has 0 spiro atoms. The number of carboxylic acid groups (broad SMARTS) is 4. The van der Waals surface area contributed by atoms with Crippen molar-refractivity contribution >= 4 is 39.3 Å². The van der Waals surface area contributed by atoms with Gasteiger partial charge in [-0.05, 0) is 41.0 Å². The fourth-order valence-corrected chi connectivity index (χ4v) is 4.32. The number of hydrogen-bond donors (Lipinski definition) is 4. The fraction of sp³-hybridized carbons (Fsp3) is 0.0435. The average molecular weight is 450 g/mol. The van der Waals surface area contributed by atoms with Gasteiger partial charge in [0.25, 0.3) is 0 Å². The molecule has 0 saturated heterocycles. The van der Waals surface area contributed by atoms with Crippen LogP contribution < -0.4 is 5.19 Å². The van der Waals surface area contributed by atoms with Gasteiger partial charge in [0, 0.05) is 16.2 Å². The molecule has 3 aromatic rings. The van der Waals surface area contributed by atoms with Crippen LogP contribution in [0.4, 0.5) is 0 Å². The van der Waals surface area contributed by atoms with Crippen molar-refractivity contribution in [3.05, 3.63) is 99.6 Å². The van der Waals surface area contributed by atoms with E-state index in [-0.39, 0.29) is 11.1 Å². The first-order valence-corrected chi connectivity index (χ1v) is 10.4. The van der Waals surface area contributed by atoms with Gasteiger partial charge in [-0.15, -0.1) is 0 Å². The van der Waals surface area contributed by atoms with Crippen LogP contribution in [0, 0.1) is 0 Å². The second-order valence-electron chi connectivity index (χ2n) is 7.12. The van der Waals surface area contributed by atoms with E-state index >= 15 is 0 Å². The summed E-state index contributed by atoms with van der Waals surface area (Å²) < 4.78 is 0. The SMILES string of the molecule is O=C(O)c1ccc(C(c2ccc(C(=O)O)c(C(=O)O)c2)c2ccccc2[SiH3])cc1C(=O)O. The van der Waals surface area contributed by atoms with Crippen LogP contribution in [-0.4, -0.2) is 54.5 Å². The van der Waals surface area contributed by atoms with Gasteiger partial charge >= 0.3 is 23.9 Å². The van der Waals surface area contributed by atoms with Gasteiger partial charge in [-0.1, -0.05) is 41.6 Å². The molecule has 8 nitrogen and oxygen atoms in total. The molecule has 0 unspecified atom stereocenters. The highest BCUT2D eigenvalue weighted by Crippen LogP contribution is 2.33. The zero-order valence-corrected chi connectivity index (χ0v) is 18.8. The molecule has 32 heavy (non-hydrogen) atoms. The van der Waals surface area contributed by atoms with Crippen LogP contribution in [0.1, 0.15) is 64.0 Å². The maximum Gasteiger partial charge on any atom is 0.336 e. The summed E-state index contributed by atoms with van der Waals surface area (Å²) in [6.45, 7) is 0. The van der Waals surface area contributed by atoms with Crippen LogP contribution in [0.2, 0.25) is 0 Å². The van der Waals surface area contributed by atoms with Crippen LogP contribution in [-0.2, 0) is 0 Å². The minimum Gasteiger partial charge on any atom is -0.478 e. The van der Waals surface area contributed by atoms with Crippen molar-refractivity contribution in [3.8, 4) is 0 Å². The number of carboxylic acids is 4. The van der Waals surface area contributed by atoms with E-state index in [1.54, 1.807) is 6.07 Å². The van der Waals surface area contributed by atoms with Crippen molar-refractivity contribution in [2.75, 3.05) is 0 Å². The Morgan fingerprint density at radius 2 is 1.00 bits per heavy atom. The Hall–Kier alpha value is -4.24. The molecule has 3 rings (SSSR count). The smallest absolute Gasteiger partial charge is 0.336 e. The van der Waals surface area contributed by atoms with Crippen molar-refractivity contribution in [2.45, 2.75) is 5.92 Å². The second-order valence-corrected chi connectivity index (χ2v) is 8.20. The van der Waals surface area contributed by atoms with Gasteiger partial charge in [0.05, 0.1) is 22.3 Å². The summed E-state index contributed by atoms with van der Waals surface area (Å²) in [7, 11) is 0.635. The van der Waals surface area contributed by atoms with Crippen molar-refractivity contribution < 1.29 is 39.6 Å². The lowest BCUT2D eigenvalue weighted by molar-refractivity contribution is 0.0651. The molecule has 0 aliphatic heterocycles. The lowest BCUT2D eigenvalue weighted by Gasteiger charge is -2.22. The minimum atomic E-state index is -1.41. The van der Waals surface area contributed by atoms with Crippen LogP contribution in [0.15, 0.2) is 60.7 Å². The Labute approximate surface area is 184 Å². The van der Waals surface area contributed by atoms with Crippen LogP contribution >= 0.6 is 0 Å². The molecule has 0 aliphatic carbocycles. The molecular weight excluding hydrogens is 432 g/mol. The summed E-state index contributed by atoms with van der Waals surface area (Å²) in [5, 5.41) is 38.7. The van der Waals surface area contributed by atoms with Gasteiger partial charge in [0.1, 0.15) is 0 Å². The summed E-state index contributed by atoms with van der Waals surface area (Å²) in [5.74, 6) is -6.21. The molecular formula is C23H18O8Si. The maximum atomic E-state index is 11.7. The monoisotopic (exact) mass is 450 g/mol. The molecule has 3 aromatic carbocycles. The lowest BCUT2D eigenvalue weighted by atomic mass is 9.82. The van der Waals surface area contributed by atoms with Crippen molar-refractivity contribution in [1.29, 1.82) is 0 Å². The fourth-order valence-electron chi connectivity index (χ4n) is 3.67. The number of benzene rings is 3. The number of hydrogen-bond acceptors (Lipinski definition) is 4. The highest BCUT2D eigenvalue weighted by atomic mass is 28.1. The molecule has 0 bridgehead atoms. The summed E-state index contributed by atoms with van der Waals surface area (Å²) in [6, 6.07) is 15.2.